The second-order valence-electron chi connectivity index (χ2n) is 7.18. The molecule has 0 spiro atoms. The SMILES string of the molecule is O=C1NCCCC[C@H]1N(Cc1ccc2c(=O)o[nH]c2c1)S(=O)(=O)c1ccc(Cl)cc1. The van der Waals surface area contributed by atoms with E-state index in [9.17, 15) is 18.0 Å². The molecule has 1 saturated heterocycles. The molecular formula is C20H20ClN3O5S. The number of aromatic amines is 1. The van der Waals surface area contributed by atoms with Crippen LogP contribution in [0.2, 0.25) is 5.02 Å². The molecule has 0 saturated carbocycles. The number of hydrogen-bond acceptors (Lipinski definition) is 5. The van der Waals surface area contributed by atoms with Crippen molar-refractivity contribution >= 4 is 38.4 Å². The van der Waals surface area contributed by atoms with Gasteiger partial charge in [-0.05, 0) is 61.2 Å². The van der Waals surface area contributed by atoms with Crippen molar-refractivity contribution in [2.75, 3.05) is 6.54 Å². The minimum Gasteiger partial charge on any atom is -0.355 e. The quantitative estimate of drug-likeness (QED) is 0.621. The van der Waals surface area contributed by atoms with Gasteiger partial charge >= 0.3 is 5.63 Å². The zero-order valence-corrected chi connectivity index (χ0v) is 17.5. The summed E-state index contributed by atoms with van der Waals surface area (Å²) in [4.78, 5) is 24.4. The highest BCUT2D eigenvalue weighted by Gasteiger charge is 2.36. The van der Waals surface area contributed by atoms with Crippen LogP contribution in [-0.2, 0) is 21.4 Å². The predicted octanol–water partition coefficient (Wildman–Crippen LogP) is 2.63. The molecule has 10 heteroatoms. The van der Waals surface area contributed by atoms with Crippen LogP contribution >= 0.6 is 11.6 Å². The summed E-state index contributed by atoms with van der Waals surface area (Å²) >= 11 is 5.91. The summed E-state index contributed by atoms with van der Waals surface area (Å²) < 4.78 is 33.0. The molecule has 2 heterocycles. The lowest BCUT2D eigenvalue weighted by atomic mass is 10.1. The number of nitrogens with one attached hydrogen (secondary N) is 2. The van der Waals surface area contributed by atoms with Gasteiger partial charge in [0.1, 0.15) is 6.04 Å². The number of hydrogen-bond donors (Lipinski definition) is 2. The third-order valence-corrected chi connectivity index (χ3v) is 7.29. The minimum absolute atomic E-state index is 0.0355. The molecule has 4 rings (SSSR count). The second-order valence-corrected chi connectivity index (χ2v) is 9.51. The average molecular weight is 450 g/mol. The Hall–Kier alpha value is -2.62. The van der Waals surface area contributed by atoms with Gasteiger partial charge in [0.05, 0.1) is 15.8 Å². The van der Waals surface area contributed by atoms with Gasteiger partial charge in [0.2, 0.25) is 15.9 Å². The van der Waals surface area contributed by atoms with Crippen molar-refractivity contribution in [2.24, 2.45) is 0 Å². The van der Waals surface area contributed by atoms with Crippen molar-refractivity contribution in [3.8, 4) is 0 Å². The Morgan fingerprint density at radius 1 is 1.10 bits per heavy atom. The summed E-state index contributed by atoms with van der Waals surface area (Å²) in [6, 6.07) is 9.90. The van der Waals surface area contributed by atoms with Gasteiger partial charge in [-0.25, -0.2) is 18.4 Å². The Morgan fingerprint density at radius 2 is 1.87 bits per heavy atom. The first-order valence-electron chi connectivity index (χ1n) is 9.51. The largest absolute Gasteiger partial charge is 0.365 e. The van der Waals surface area contributed by atoms with Gasteiger partial charge in [-0.1, -0.05) is 17.7 Å². The van der Waals surface area contributed by atoms with Crippen LogP contribution in [0.25, 0.3) is 10.9 Å². The van der Waals surface area contributed by atoms with Crippen molar-refractivity contribution < 1.29 is 17.7 Å². The summed E-state index contributed by atoms with van der Waals surface area (Å²) in [5.74, 6) is -0.317. The monoisotopic (exact) mass is 449 g/mol. The molecule has 3 aromatic rings. The summed E-state index contributed by atoms with van der Waals surface area (Å²) in [6.07, 6.45) is 1.94. The van der Waals surface area contributed by atoms with Crippen molar-refractivity contribution in [1.82, 2.24) is 14.8 Å². The van der Waals surface area contributed by atoms with E-state index < -0.39 is 21.7 Å². The maximum Gasteiger partial charge on any atom is 0.365 e. The fraction of sp³-hybridized carbons (Fsp3) is 0.300. The highest BCUT2D eigenvalue weighted by atomic mass is 35.5. The molecule has 2 aromatic carbocycles. The third-order valence-electron chi connectivity index (χ3n) is 5.17. The number of nitrogens with zero attached hydrogens (tertiary/aromatic N) is 1. The lowest BCUT2D eigenvalue weighted by molar-refractivity contribution is -0.124. The summed E-state index contributed by atoms with van der Waals surface area (Å²) in [5, 5.41) is 6.12. The number of fused-ring (bicyclic) bond motifs is 1. The second kappa shape index (κ2) is 8.25. The number of amides is 1. The van der Waals surface area contributed by atoms with E-state index in [1.54, 1.807) is 18.2 Å². The first kappa shape index (κ1) is 20.6. The highest BCUT2D eigenvalue weighted by molar-refractivity contribution is 7.89. The zero-order valence-electron chi connectivity index (χ0n) is 15.9. The van der Waals surface area contributed by atoms with E-state index in [1.165, 1.54) is 28.6 Å². The van der Waals surface area contributed by atoms with Crippen LogP contribution in [0.4, 0.5) is 0 Å². The molecule has 1 atom stereocenters. The normalized spacial score (nSPS) is 17.8. The molecule has 8 nitrogen and oxygen atoms in total. The Balaban J connectivity index is 1.76. The van der Waals surface area contributed by atoms with Gasteiger partial charge in [-0.2, -0.15) is 4.31 Å². The molecule has 1 fully saturated rings. The van der Waals surface area contributed by atoms with E-state index in [0.717, 1.165) is 12.8 Å². The standard InChI is InChI=1S/C20H20ClN3O5S/c21-14-5-7-15(8-6-14)30(27,28)24(18-3-1-2-10-22-19(18)25)12-13-4-9-16-17(11-13)23-29-20(16)26/h4-9,11,18,23H,1-3,10,12H2,(H,22,25)/t18-/m1/s1. The van der Waals surface area contributed by atoms with Crippen LogP contribution in [0.5, 0.6) is 0 Å². The molecule has 0 aliphatic carbocycles. The average Bonchev–Trinajstić information content (AvgIpc) is 2.95. The molecule has 30 heavy (non-hydrogen) atoms. The van der Waals surface area contributed by atoms with Gasteiger partial charge in [0, 0.05) is 18.1 Å². The summed E-state index contributed by atoms with van der Waals surface area (Å²) in [5.41, 5.74) is 0.589. The summed E-state index contributed by atoms with van der Waals surface area (Å²) in [6.45, 7) is 0.485. The van der Waals surface area contributed by atoms with E-state index in [1.807, 2.05) is 0 Å². The molecule has 158 valence electrons. The Bertz CT molecular complexity index is 1230. The number of aromatic nitrogens is 1. The first-order valence-corrected chi connectivity index (χ1v) is 11.3. The van der Waals surface area contributed by atoms with Gasteiger partial charge in [0.15, 0.2) is 0 Å². The fourth-order valence-corrected chi connectivity index (χ4v) is 5.32. The molecule has 0 unspecified atom stereocenters. The molecule has 1 aromatic heterocycles. The molecular weight excluding hydrogens is 430 g/mol. The molecule has 1 aliphatic heterocycles. The Morgan fingerprint density at radius 3 is 2.63 bits per heavy atom. The minimum atomic E-state index is -3.99. The fourth-order valence-electron chi connectivity index (χ4n) is 3.59. The lowest BCUT2D eigenvalue weighted by Crippen LogP contribution is -2.48. The molecule has 2 N–H and O–H groups in total. The maximum atomic E-state index is 13.5. The van der Waals surface area contributed by atoms with Gasteiger partial charge in [-0.3, -0.25) is 4.79 Å². The topological polar surface area (TPSA) is 112 Å². The third kappa shape index (κ3) is 4.00. The van der Waals surface area contributed by atoms with Crippen LogP contribution in [-0.4, -0.2) is 36.4 Å². The smallest absolute Gasteiger partial charge is 0.355 e. The van der Waals surface area contributed by atoms with Crippen molar-refractivity contribution in [3.05, 3.63) is 63.5 Å². The van der Waals surface area contributed by atoms with Gasteiger partial charge < -0.3 is 9.84 Å². The van der Waals surface area contributed by atoms with Crippen LogP contribution in [0.3, 0.4) is 0 Å². The zero-order chi connectivity index (χ0) is 21.3. The van der Waals surface area contributed by atoms with Crippen LogP contribution in [0.15, 0.2) is 56.7 Å². The number of halogens is 1. The Kier molecular flexibility index (Phi) is 5.68. The van der Waals surface area contributed by atoms with E-state index >= 15 is 0 Å². The highest BCUT2D eigenvalue weighted by Crippen LogP contribution is 2.26. The Labute approximate surface area is 177 Å². The molecule has 0 radical (unpaired) electrons. The maximum absolute atomic E-state index is 13.5. The van der Waals surface area contributed by atoms with E-state index in [4.69, 9.17) is 16.1 Å². The number of rotatable bonds is 5. The summed E-state index contributed by atoms with van der Waals surface area (Å²) in [7, 11) is -3.99. The van der Waals surface area contributed by atoms with Crippen molar-refractivity contribution in [1.29, 1.82) is 0 Å². The predicted molar refractivity (Wildman–Crippen MR) is 112 cm³/mol. The number of carbonyl (C=O) groups is 1. The number of sulfonamides is 1. The molecule has 1 aliphatic rings. The van der Waals surface area contributed by atoms with E-state index in [-0.39, 0.29) is 17.3 Å². The number of benzene rings is 2. The first-order chi connectivity index (χ1) is 14.4. The lowest BCUT2D eigenvalue weighted by Gasteiger charge is -2.29. The van der Waals surface area contributed by atoms with Crippen molar-refractivity contribution in [2.45, 2.75) is 36.7 Å². The van der Waals surface area contributed by atoms with E-state index in [2.05, 4.69) is 10.5 Å². The van der Waals surface area contributed by atoms with Crippen LogP contribution in [0.1, 0.15) is 24.8 Å². The van der Waals surface area contributed by atoms with Gasteiger partial charge in [-0.15, -0.1) is 0 Å². The van der Waals surface area contributed by atoms with Gasteiger partial charge in [0.25, 0.3) is 0 Å². The molecule has 0 bridgehead atoms. The van der Waals surface area contributed by atoms with Crippen LogP contribution < -0.4 is 10.9 Å². The van der Waals surface area contributed by atoms with Crippen LogP contribution in [0, 0.1) is 0 Å². The molecule has 1 amide bonds. The number of H-pyrrole nitrogens is 1. The van der Waals surface area contributed by atoms with E-state index in [0.29, 0.717) is 34.5 Å². The number of carbonyl (C=O) groups excluding carboxylic acids is 1. The van der Waals surface area contributed by atoms with Crippen molar-refractivity contribution in [3.63, 3.8) is 0 Å².